The van der Waals surface area contributed by atoms with E-state index in [9.17, 15) is 19.1 Å². The number of aromatic nitrogens is 3. The van der Waals surface area contributed by atoms with Crippen molar-refractivity contribution in [1.29, 1.82) is 0 Å². The Hall–Kier alpha value is -3.24. The van der Waals surface area contributed by atoms with Crippen molar-refractivity contribution in [2.45, 2.75) is 19.1 Å². The van der Waals surface area contributed by atoms with Crippen molar-refractivity contribution in [3.05, 3.63) is 56.8 Å². The van der Waals surface area contributed by atoms with E-state index in [-0.39, 0.29) is 33.6 Å². The minimum absolute atomic E-state index is 0.0426. The fraction of sp³-hybridized carbons (Fsp3) is 0.391. The number of rotatable bonds is 6. The minimum atomic E-state index is -1.25. The first-order chi connectivity index (χ1) is 16.2. The summed E-state index contributed by atoms with van der Waals surface area (Å²) in [6.07, 6.45) is 0.249. The fourth-order valence-corrected chi connectivity index (χ4v) is 5.13. The largest absolute Gasteiger partial charge is 0.476 e. The minimum Gasteiger partial charge on any atom is -0.476 e. The van der Waals surface area contributed by atoms with Gasteiger partial charge in [-0.3, -0.25) is 9.36 Å². The van der Waals surface area contributed by atoms with Crippen molar-refractivity contribution in [1.82, 2.24) is 14.5 Å². The summed E-state index contributed by atoms with van der Waals surface area (Å²) in [5, 5.41) is 12.7. The van der Waals surface area contributed by atoms with E-state index in [1.165, 1.54) is 28.8 Å². The van der Waals surface area contributed by atoms with Gasteiger partial charge >= 0.3 is 5.97 Å². The number of halogens is 2. The molecule has 0 spiro atoms. The first-order valence-corrected chi connectivity index (χ1v) is 11.2. The molecule has 34 heavy (non-hydrogen) atoms. The number of carboxylic acids is 1. The lowest BCUT2D eigenvalue weighted by Crippen LogP contribution is -2.33. The zero-order valence-corrected chi connectivity index (χ0v) is 19.5. The number of methoxy groups -OCH3 is 1. The predicted molar refractivity (Wildman–Crippen MR) is 125 cm³/mol. The highest BCUT2D eigenvalue weighted by Crippen LogP contribution is 2.48. The lowest BCUT2D eigenvalue weighted by atomic mass is 10.0. The molecule has 2 aliphatic rings. The highest BCUT2D eigenvalue weighted by Gasteiger charge is 2.57. The number of aromatic carboxylic acids is 1. The van der Waals surface area contributed by atoms with Crippen LogP contribution in [0.2, 0.25) is 5.15 Å². The number of anilines is 2. The molecule has 9 nitrogen and oxygen atoms in total. The Kier molecular flexibility index (Phi) is 5.44. The lowest BCUT2D eigenvalue weighted by molar-refractivity contribution is 0.0691. The molecule has 3 heterocycles. The third-order valence-electron chi connectivity index (χ3n) is 6.72. The SMILES string of the molecule is COC1[C@H]2CN(c3nc4c([C@@H](C)Nc5ccc(Cl)nc5C(=O)O)cc(F)cc4c(=O)n3C)C[C@@H]12. The molecule has 2 fully saturated rings. The molecule has 11 heteroatoms. The van der Waals surface area contributed by atoms with E-state index < -0.39 is 17.8 Å². The second kappa shape index (κ2) is 8.21. The van der Waals surface area contributed by atoms with Gasteiger partial charge in [-0.15, -0.1) is 0 Å². The van der Waals surface area contributed by atoms with Gasteiger partial charge in [-0.05, 0) is 31.2 Å². The van der Waals surface area contributed by atoms with Gasteiger partial charge in [-0.2, -0.15) is 0 Å². The molecule has 4 atom stereocenters. The predicted octanol–water partition coefficient (Wildman–Crippen LogP) is 3.07. The molecule has 1 aromatic carbocycles. The molecule has 1 unspecified atom stereocenters. The molecular weight excluding hydrogens is 465 g/mol. The molecule has 0 radical (unpaired) electrons. The Morgan fingerprint density at radius 3 is 2.65 bits per heavy atom. The van der Waals surface area contributed by atoms with Crippen molar-refractivity contribution in [3.63, 3.8) is 0 Å². The molecule has 3 aromatic rings. The van der Waals surface area contributed by atoms with E-state index >= 15 is 0 Å². The van der Waals surface area contributed by atoms with E-state index in [2.05, 4.69) is 15.2 Å². The summed E-state index contributed by atoms with van der Waals surface area (Å²) in [7, 11) is 3.34. The van der Waals surface area contributed by atoms with E-state index in [0.29, 0.717) is 28.9 Å². The Bertz CT molecular complexity index is 1370. The van der Waals surface area contributed by atoms with Crippen LogP contribution in [0, 0.1) is 17.7 Å². The second-order valence-electron chi connectivity index (χ2n) is 8.80. The third-order valence-corrected chi connectivity index (χ3v) is 6.93. The van der Waals surface area contributed by atoms with Gasteiger partial charge in [0.2, 0.25) is 5.95 Å². The zero-order chi connectivity index (χ0) is 24.3. The highest BCUT2D eigenvalue weighted by atomic mass is 35.5. The number of nitrogens with zero attached hydrogens (tertiary/aromatic N) is 4. The summed E-state index contributed by atoms with van der Waals surface area (Å²) in [5.74, 6) is -0.493. The fourth-order valence-electron chi connectivity index (χ4n) is 4.98. The van der Waals surface area contributed by atoms with Gasteiger partial charge in [-0.25, -0.2) is 19.2 Å². The molecule has 5 rings (SSSR count). The van der Waals surface area contributed by atoms with Gasteiger partial charge in [0.15, 0.2) is 5.69 Å². The first kappa shape index (κ1) is 22.5. The van der Waals surface area contributed by atoms with Gasteiger partial charge in [0.1, 0.15) is 11.0 Å². The Labute approximate surface area is 199 Å². The number of carbonyl (C=O) groups is 1. The van der Waals surface area contributed by atoms with Crippen LogP contribution >= 0.6 is 11.6 Å². The Balaban J connectivity index is 1.56. The first-order valence-electron chi connectivity index (χ1n) is 10.8. The lowest BCUT2D eigenvalue weighted by Gasteiger charge is -2.24. The van der Waals surface area contributed by atoms with E-state index in [1.807, 2.05) is 0 Å². The number of ether oxygens (including phenoxy) is 1. The molecule has 1 aliphatic carbocycles. The highest BCUT2D eigenvalue weighted by molar-refractivity contribution is 6.29. The normalized spacial score (nSPS) is 22.0. The molecule has 0 amide bonds. The maximum Gasteiger partial charge on any atom is 0.356 e. The van der Waals surface area contributed by atoms with Crippen molar-refractivity contribution in [2.75, 3.05) is 30.4 Å². The summed E-state index contributed by atoms with van der Waals surface area (Å²) < 4.78 is 21.5. The van der Waals surface area contributed by atoms with Gasteiger partial charge in [-0.1, -0.05) is 11.6 Å². The molecule has 2 aromatic heterocycles. The van der Waals surface area contributed by atoms with Crippen molar-refractivity contribution < 1.29 is 19.0 Å². The number of hydrogen-bond donors (Lipinski definition) is 2. The molecule has 1 aliphatic heterocycles. The van der Waals surface area contributed by atoms with Crippen molar-refractivity contribution in [3.8, 4) is 0 Å². The van der Waals surface area contributed by atoms with Gasteiger partial charge in [0, 0.05) is 44.6 Å². The number of hydrogen-bond acceptors (Lipinski definition) is 7. The van der Waals surface area contributed by atoms with Gasteiger partial charge in [0.05, 0.1) is 28.7 Å². The topological polar surface area (TPSA) is 110 Å². The van der Waals surface area contributed by atoms with Gasteiger partial charge in [0.25, 0.3) is 5.56 Å². The average molecular weight is 488 g/mol. The van der Waals surface area contributed by atoms with E-state index in [4.69, 9.17) is 21.3 Å². The number of piperidine rings is 1. The van der Waals surface area contributed by atoms with Crippen LogP contribution in [-0.4, -0.2) is 51.9 Å². The zero-order valence-electron chi connectivity index (χ0n) is 18.7. The monoisotopic (exact) mass is 487 g/mol. The van der Waals surface area contributed by atoms with E-state index in [1.54, 1.807) is 21.1 Å². The number of nitrogens with one attached hydrogen (secondary N) is 1. The Morgan fingerprint density at radius 1 is 1.29 bits per heavy atom. The van der Waals surface area contributed by atoms with Crippen LogP contribution in [-0.2, 0) is 11.8 Å². The maximum atomic E-state index is 14.6. The molecule has 178 valence electrons. The quantitative estimate of drug-likeness (QED) is 0.510. The van der Waals surface area contributed by atoms with Crippen LogP contribution in [0.5, 0.6) is 0 Å². The standard InChI is InChI=1S/C23H23ClFN5O4/c1-10(26-16-4-5-17(24)27-19(16)22(32)33)12-6-11(25)7-13-18(12)28-23(29(2)21(13)31)30-8-14-15(9-30)20(14)34-3/h4-7,10,14-15,20,26H,8-9H2,1-3H3,(H,32,33)/t10-,14-,15+,20?/m1/s1. The van der Waals surface area contributed by atoms with Crippen LogP contribution in [0.15, 0.2) is 29.1 Å². The Morgan fingerprint density at radius 2 is 2.00 bits per heavy atom. The average Bonchev–Trinajstić information content (AvgIpc) is 3.27. The summed E-state index contributed by atoms with van der Waals surface area (Å²) in [5.41, 5.74) is 0.405. The number of carboxylic acid groups (broad SMARTS) is 1. The number of fused-ring (bicyclic) bond motifs is 2. The van der Waals surface area contributed by atoms with Crippen LogP contribution in [0.3, 0.4) is 0 Å². The number of pyridine rings is 1. The molecule has 1 saturated heterocycles. The smallest absolute Gasteiger partial charge is 0.356 e. The van der Waals surface area contributed by atoms with E-state index in [0.717, 1.165) is 13.1 Å². The maximum absolute atomic E-state index is 14.6. The molecule has 1 saturated carbocycles. The molecular formula is C23H23ClFN5O4. The van der Waals surface area contributed by atoms with Crippen LogP contribution < -0.4 is 15.8 Å². The van der Waals surface area contributed by atoms with Crippen molar-refractivity contribution >= 4 is 40.1 Å². The van der Waals surface area contributed by atoms with Crippen LogP contribution in [0.25, 0.3) is 10.9 Å². The number of benzene rings is 1. The summed E-state index contributed by atoms with van der Waals surface area (Å²) in [6, 6.07) is 4.86. The summed E-state index contributed by atoms with van der Waals surface area (Å²) in [6.45, 7) is 3.21. The van der Waals surface area contributed by atoms with Crippen molar-refractivity contribution in [2.24, 2.45) is 18.9 Å². The summed E-state index contributed by atoms with van der Waals surface area (Å²) >= 11 is 5.85. The van der Waals surface area contributed by atoms with Crippen LogP contribution in [0.4, 0.5) is 16.0 Å². The van der Waals surface area contributed by atoms with Crippen LogP contribution in [0.1, 0.15) is 29.0 Å². The summed E-state index contributed by atoms with van der Waals surface area (Å²) in [4.78, 5) is 35.5. The third kappa shape index (κ3) is 3.67. The molecule has 0 bridgehead atoms. The van der Waals surface area contributed by atoms with Gasteiger partial charge < -0.3 is 20.1 Å². The molecule has 2 N–H and O–H groups in total. The second-order valence-corrected chi connectivity index (χ2v) is 9.19.